The summed E-state index contributed by atoms with van der Waals surface area (Å²) in [7, 11) is 0. The van der Waals surface area contributed by atoms with E-state index in [-0.39, 0.29) is 50.3 Å². The summed E-state index contributed by atoms with van der Waals surface area (Å²) in [6, 6.07) is 6.12. The quantitative estimate of drug-likeness (QED) is 0.253. The predicted octanol–water partition coefficient (Wildman–Crippen LogP) is 3.79. The Labute approximate surface area is 220 Å². The Bertz CT molecular complexity index is 1690. The zero-order chi connectivity index (χ0) is 27.4. The van der Waals surface area contributed by atoms with Crippen molar-refractivity contribution in [2.24, 2.45) is 4.99 Å². The van der Waals surface area contributed by atoms with Crippen molar-refractivity contribution in [2.75, 3.05) is 17.7 Å². The summed E-state index contributed by atoms with van der Waals surface area (Å²) in [6.45, 7) is 4.81. The number of aliphatic hydroxyl groups is 1. The number of halogens is 3. The average molecular weight is 536 g/mol. The first-order chi connectivity index (χ1) is 18.2. The van der Waals surface area contributed by atoms with E-state index in [0.29, 0.717) is 6.07 Å². The van der Waals surface area contributed by atoms with Gasteiger partial charge in [0.1, 0.15) is 52.7 Å². The largest absolute Gasteiger partial charge is 0.394 e. The summed E-state index contributed by atoms with van der Waals surface area (Å²) in [5, 5.41) is 13.4. The lowest BCUT2D eigenvalue weighted by Crippen LogP contribution is -2.30. The van der Waals surface area contributed by atoms with E-state index in [2.05, 4.69) is 43.7 Å². The van der Waals surface area contributed by atoms with Crippen LogP contribution in [0.25, 0.3) is 16.6 Å². The summed E-state index contributed by atoms with van der Waals surface area (Å²) in [5.41, 5.74) is 5.80. The van der Waals surface area contributed by atoms with E-state index in [1.54, 1.807) is 19.1 Å². The summed E-state index contributed by atoms with van der Waals surface area (Å²) in [4.78, 5) is 30.2. The van der Waals surface area contributed by atoms with Gasteiger partial charge in [-0.3, -0.25) is 14.4 Å². The van der Waals surface area contributed by atoms with Gasteiger partial charge < -0.3 is 16.2 Å². The molecule has 0 saturated heterocycles. The van der Waals surface area contributed by atoms with Gasteiger partial charge in [0, 0.05) is 12.3 Å². The number of benzene rings is 2. The summed E-state index contributed by atoms with van der Waals surface area (Å²) < 4.78 is 29.3. The lowest BCUT2D eigenvalue weighted by molar-refractivity contribution is 0.270. The van der Waals surface area contributed by atoms with Gasteiger partial charge in [-0.15, -0.1) is 0 Å². The highest BCUT2D eigenvalue weighted by Gasteiger charge is 2.24. The van der Waals surface area contributed by atoms with Gasteiger partial charge in [-0.25, -0.2) is 23.7 Å². The molecule has 0 aliphatic heterocycles. The molecule has 4 aromatic rings. The zero-order valence-electron chi connectivity index (χ0n) is 19.9. The van der Waals surface area contributed by atoms with Crippen LogP contribution in [0.1, 0.15) is 24.4 Å². The smallest absolute Gasteiger partial charge is 0.267 e. The van der Waals surface area contributed by atoms with Crippen molar-refractivity contribution in [1.29, 1.82) is 0 Å². The van der Waals surface area contributed by atoms with Crippen LogP contribution in [0, 0.1) is 23.5 Å². The second-order valence-electron chi connectivity index (χ2n) is 7.82. The van der Waals surface area contributed by atoms with Crippen molar-refractivity contribution in [2.45, 2.75) is 13.0 Å². The number of fused-ring (bicyclic) bond motifs is 1. The second kappa shape index (κ2) is 11.2. The maximum absolute atomic E-state index is 14.2. The Morgan fingerprint density at radius 1 is 1.32 bits per heavy atom. The summed E-state index contributed by atoms with van der Waals surface area (Å²) >= 11 is 6.27. The number of aliphatic hydroxyl groups excluding tert-OH is 1. The molecule has 1 unspecified atom stereocenters. The van der Waals surface area contributed by atoms with Crippen LogP contribution in [-0.4, -0.2) is 37.4 Å². The molecule has 12 heteroatoms. The summed E-state index contributed by atoms with van der Waals surface area (Å²) in [5.74, 6) is 3.75. The van der Waals surface area contributed by atoms with E-state index in [9.17, 15) is 18.7 Å². The number of nitrogens with one attached hydrogen (secondary N) is 1. The minimum absolute atomic E-state index is 0.0304. The Morgan fingerprint density at radius 3 is 2.74 bits per heavy atom. The van der Waals surface area contributed by atoms with Crippen LogP contribution < -0.4 is 16.6 Å². The van der Waals surface area contributed by atoms with Crippen LogP contribution in [-0.2, 0) is 0 Å². The van der Waals surface area contributed by atoms with Crippen LogP contribution in [0.4, 0.5) is 20.4 Å². The molecule has 2 aromatic heterocycles. The topological polar surface area (TPSA) is 131 Å². The number of nitrogens with zero attached hydrogens (tertiary/aromatic N) is 5. The molecule has 0 radical (unpaired) electrons. The van der Waals surface area contributed by atoms with Gasteiger partial charge in [-0.1, -0.05) is 30.2 Å². The molecule has 0 fully saturated rings. The highest BCUT2D eigenvalue weighted by atomic mass is 35.5. The number of aliphatic imine (C=N–C) groups is 1. The van der Waals surface area contributed by atoms with E-state index < -0.39 is 29.8 Å². The van der Waals surface area contributed by atoms with Crippen LogP contribution in [0.5, 0.6) is 0 Å². The van der Waals surface area contributed by atoms with Crippen LogP contribution in [0.3, 0.4) is 0 Å². The fourth-order valence-electron chi connectivity index (χ4n) is 3.67. The van der Waals surface area contributed by atoms with E-state index in [1.807, 2.05) is 0 Å². The molecule has 2 heterocycles. The standard InChI is InChI=1S/C26H20ClF2N7O2/c1-3-31-14(2)7-8-18-23(30)32-13-33-24(18)34-21(12-37)25-35-20-6-4-5-19(27)22(20)26(38)36(25)17-10-15(28)9-16(29)11-17/h3-6,9-11,13,21,37H,2,12H2,1H3,(H3,30,32,33,34)/b31-3-. The molecule has 0 bridgehead atoms. The van der Waals surface area contributed by atoms with E-state index >= 15 is 0 Å². The Balaban J connectivity index is 1.93. The Kier molecular flexibility index (Phi) is 7.76. The molecule has 0 spiro atoms. The van der Waals surface area contributed by atoms with Crippen molar-refractivity contribution < 1.29 is 13.9 Å². The molecule has 192 valence electrons. The predicted molar refractivity (Wildman–Crippen MR) is 142 cm³/mol. The van der Waals surface area contributed by atoms with Gasteiger partial charge in [-0.05, 0) is 37.1 Å². The zero-order valence-corrected chi connectivity index (χ0v) is 20.7. The highest BCUT2D eigenvalue weighted by molar-refractivity contribution is 6.35. The fraction of sp³-hybridized carbons (Fsp3) is 0.115. The van der Waals surface area contributed by atoms with Crippen molar-refractivity contribution in [3.05, 3.63) is 93.4 Å². The van der Waals surface area contributed by atoms with Gasteiger partial charge >= 0.3 is 0 Å². The summed E-state index contributed by atoms with van der Waals surface area (Å²) in [6.07, 6.45) is 2.70. The third-order valence-corrected chi connectivity index (χ3v) is 5.59. The number of hydrogen-bond acceptors (Lipinski definition) is 8. The van der Waals surface area contributed by atoms with Gasteiger partial charge in [0.15, 0.2) is 0 Å². The van der Waals surface area contributed by atoms with E-state index in [1.165, 1.54) is 18.6 Å². The normalized spacial score (nSPS) is 11.8. The Hall–Kier alpha value is -4.66. The number of nitrogens with two attached hydrogens (primary N) is 1. The number of aromatic nitrogens is 4. The molecule has 0 saturated carbocycles. The molecule has 38 heavy (non-hydrogen) atoms. The van der Waals surface area contributed by atoms with E-state index in [0.717, 1.165) is 16.7 Å². The second-order valence-corrected chi connectivity index (χ2v) is 8.23. The molecule has 9 nitrogen and oxygen atoms in total. The number of hydrogen-bond donors (Lipinski definition) is 3. The van der Waals surface area contributed by atoms with Gasteiger partial charge in [0.25, 0.3) is 5.56 Å². The fourth-order valence-corrected chi connectivity index (χ4v) is 3.92. The molecular formula is C26H20ClF2N7O2. The highest BCUT2D eigenvalue weighted by Crippen LogP contribution is 2.26. The third-order valence-electron chi connectivity index (χ3n) is 5.28. The maximum atomic E-state index is 14.2. The van der Waals surface area contributed by atoms with Crippen molar-refractivity contribution >= 4 is 40.4 Å². The average Bonchev–Trinajstić information content (AvgIpc) is 2.86. The van der Waals surface area contributed by atoms with Crippen LogP contribution >= 0.6 is 11.6 Å². The molecule has 0 amide bonds. The number of allylic oxidation sites excluding steroid dienone is 1. The first kappa shape index (κ1) is 26.4. The number of nitrogen functional groups attached to an aromatic ring is 1. The molecule has 0 aliphatic rings. The molecule has 4 N–H and O–H groups in total. The SMILES string of the molecule is C=C(C#Cc1c(N)ncnc1NC(CO)c1nc2cccc(Cl)c2c(=O)n1-c1cc(F)cc(F)c1)/N=C\C. The van der Waals surface area contributed by atoms with Crippen molar-refractivity contribution in [3.8, 4) is 17.5 Å². The van der Waals surface area contributed by atoms with Gasteiger partial charge in [0.05, 0.1) is 28.2 Å². The van der Waals surface area contributed by atoms with Crippen LogP contribution in [0.15, 0.2) is 64.8 Å². The van der Waals surface area contributed by atoms with Gasteiger partial charge in [-0.2, -0.15) is 0 Å². The molecule has 2 aromatic carbocycles. The van der Waals surface area contributed by atoms with Gasteiger partial charge in [0.2, 0.25) is 0 Å². The minimum Gasteiger partial charge on any atom is -0.394 e. The van der Waals surface area contributed by atoms with Crippen molar-refractivity contribution in [3.63, 3.8) is 0 Å². The molecular weight excluding hydrogens is 516 g/mol. The first-order valence-electron chi connectivity index (χ1n) is 11.1. The Morgan fingerprint density at radius 2 is 2.05 bits per heavy atom. The minimum atomic E-state index is -1.12. The first-order valence-corrected chi connectivity index (χ1v) is 11.5. The monoisotopic (exact) mass is 535 g/mol. The number of rotatable bonds is 6. The third kappa shape index (κ3) is 5.36. The molecule has 0 aliphatic carbocycles. The van der Waals surface area contributed by atoms with Crippen LogP contribution in [0.2, 0.25) is 5.02 Å². The molecule has 4 rings (SSSR count). The number of anilines is 2. The lowest BCUT2D eigenvalue weighted by Gasteiger charge is -2.22. The lowest BCUT2D eigenvalue weighted by atomic mass is 10.1. The molecule has 1 atom stereocenters. The van der Waals surface area contributed by atoms with Crippen molar-refractivity contribution in [1.82, 2.24) is 19.5 Å². The van der Waals surface area contributed by atoms with E-state index in [4.69, 9.17) is 17.3 Å². The maximum Gasteiger partial charge on any atom is 0.267 e.